The zero-order valence-corrected chi connectivity index (χ0v) is 14.4. The molecule has 0 atom stereocenters. The lowest BCUT2D eigenvalue weighted by atomic mass is 10.1. The van der Waals surface area contributed by atoms with E-state index in [1.54, 1.807) is 24.3 Å². The first-order valence-corrected chi connectivity index (χ1v) is 9.10. The maximum atomic E-state index is 11.6. The van der Waals surface area contributed by atoms with E-state index in [1.807, 2.05) is 18.2 Å². The monoisotopic (exact) mass is 346 g/mol. The van der Waals surface area contributed by atoms with Crippen LogP contribution in [0.25, 0.3) is 0 Å². The van der Waals surface area contributed by atoms with E-state index in [4.69, 9.17) is 5.73 Å². The SMILES string of the molecule is CNS(=O)(=O)c1ccc(CN=C(N)NCCc2ccccc2)cc1. The standard InChI is InChI=1S/C17H22N4O2S/c1-19-24(22,23)16-9-7-15(8-10-16)13-21-17(18)20-12-11-14-5-3-2-4-6-14/h2-10,19H,11-13H2,1H3,(H3,18,20,21). The molecular weight excluding hydrogens is 324 g/mol. The highest BCUT2D eigenvalue weighted by Gasteiger charge is 2.10. The molecule has 128 valence electrons. The Morgan fingerprint density at radius 3 is 2.33 bits per heavy atom. The number of hydrogen-bond donors (Lipinski definition) is 3. The molecule has 6 nitrogen and oxygen atoms in total. The summed E-state index contributed by atoms with van der Waals surface area (Å²) in [5, 5.41) is 3.07. The van der Waals surface area contributed by atoms with Crippen molar-refractivity contribution in [2.24, 2.45) is 10.7 Å². The molecule has 7 heteroatoms. The summed E-state index contributed by atoms with van der Waals surface area (Å²) >= 11 is 0. The second-order valence-corrected chi connectivity index (χ2v) is 7.10. The van der Waals surface area contributed by atoms with Crippen molar-refractivity contribution in [2.75, 3.05) is 13.6 Å². The lowest BCUT2D eigenvalue weighted by Crippen LogP contribution is -2.33. The summed E-state index contributed by atoms with van der Waals surface area (Å²) in [6.07, 6.45) is 0.869. The van der Waals surface area contributed by atoms with Crippen LogP contribution >= 0.6 is 0 Å². The Morgan fingerprint density at radius 1 is 1.04 bits per heavy atom. The van der Waals surface area contributed by atoms with Gasteiger partial charge in [0.1, 0.15) is 0 Å². The number of aliphatic imine (C=N–C) groups is 1. The normalized spacial score (nSPS) is 12.1. The van der Waals surface area contributed by atoms with E-state index in [0.717, 1.165) is 12.0 Å². The van der Waals surface area contributed by atoms with Gasteiger partial charge in [0.2, 0.25) is 10.0 Å². The second-order valence-electron chi connectivity index (χ2n) is 5.22. The zero-order chi connectivity index (χ0) is 17.4. The molecule has 0 aliphatic carbocycles. The van der Waals surface area contributed by atoms with Gasteiger partial charge in [-0.3, -0.25) is 0 Å². The molecule has 4 N–H and O–H groups in total. The van der Waals surface area contributed by atoms with E-state index in [2.05, 4.69) is 27.2 Å². The van der Waals surface area contributed by atoms with Crippen molar-refractivity contribution in [3.05, 3.63) is 65.7 Å². The Morgan fingerprint density at radius 2 is 1.71 bits per heavy atom. The van der Waals surface area contributed by atoms with Crippen LogP contribution in [0.3, 0.4) is 0 Å². The van der Waals surface area contributed by atoms with E-state index in [0.29, 0.717) is 19.0 Å². The van der Waals surface area contributed by atoms with Crippen LogP contribution in [0.15, 0.2) is 64.5 Å². The molecule has 0 aliphatic heterocycles. The Labute approximate surface area is 142 Å². The van der Waals surface area contributed by atoms with Gasteiger partial charge in [0, 0.05) is 6.54 Å². The van der Waals surface area contributed by atoms with E-state index < -0.39 is 10.0 Å². The van der Waals surface area contributed by atoms with Gasteiger partial charge >= 0.3 is 0 Å². The summed E-state index contributed by atoms with van der Waals surface area (Å²) in [5.41, 5.74) is 7.96. The summed E-state index contributed by atoms with van der Waals surface area (Å²) in [7, 11) is -2.02. The zero-order valence-electron chi connectivity index (χ0n) is 13.6. The van der Waals surface area contributed by atoms with Crippen LogP contribution < -0.4 is 15.8 Å². The number of nitrogens with zero attached hydrogens (tertiary/aromatic N) is 1. The number of nitrogens with one attached hydrogen (secondary N) is 2. The minimum absolute atomic E-state index is 0.228. The summed E-state index contributed by atoms with van der Waals surface area (Å²) in [5.74, 6) is 0.373. The Balaban J connectivity index is 1.84. The maximum Gasteiger partial charge on any atom is 0.240 e. The van der Waals surface area contributed by atoms with Crippen LogP contribution in [0, 0.1) is 0 Å². The highest BCUT2D eigenvalue weighted by Crippen LogP contribution is 2.10. The fraction of sp³-hybridized carbons (Fsp3) is 0.235. The molecule has 0 fully saturated rings. The molecule has 0 saturated carbocycles. The highest BCUT2D eigenvalue weighted by atomic mass is 32.2. The fourth-order valence-electron chi connectivity index (χ4n) is 2.10. The van der Waals surface area contributed by atoms with Gasteiger partial charge in [-0.1, -0.05) is 42.5 Å². The van der Waals surface area contributed by atoms with Gasteiger partial charge in [-0.15, -0.1) is 0 Å². The van der Waals surface area contributed by atoms with Crippen molar-refractivity contribution in [3.8, 4) is 0 Å². The topological polar surface area (TPSA) is 96.6 Å². The number of nitrogens with two attached hydrogens (primary N) is 1. The molecule has 0 unspecified atom stereocenters. The molecule has 0 radical (unpaired) electrons. The molecule has 24 heavy (non-hydrogen) atoms. The first-order chi connectivity index (χ1) is 11.5. The molecule has 0 aliphatic rings. The molecule has 0 spiro atoms. The van der Waals surface area contributed by atoms with Crippen molar-refractivity contribution >= 4 is 16.0 Å². The second kappa shape index (κ2) is 8.47. The van der Waals surface area contributed by atoms with E-state index in [9.17, 15) is 8.42 Å². The molecule has 2 aromatic carbocycles. The van der Waals surface area contributed by atoms with Crippen LogP contribution in [0.5, 0.6) is 0 Å². The first-order valence-electron chi connectivity index (χ1n) is 7.61. The minimum atomic E-state index is -3.41. The highest BCUT2D eigenvalue weighted by molar-refractivity contribution is 7.89. The summed E-state index contributed by atoms with van der Waals surface area (Å²) in [4.78, 5) is 4.48. The molecular formula is C17H22N4O2S. The lowest BCUT2D eigenvalue weighted by molar-refractivity contribution is 0.588. The van der Waals surface area contributed by atoms with Crippen molar-refractivity contribution in [2.45, 2.75) is 17.9 Å². The average Bonchev–Trinajstić information content (AvgIpc) is 2.61. The van der Waals surface area contributed by atoms with Crippen molar-refractivity contribution in [1.82, 2.24) is 10.0 Å². The van der Waals surface area contributed by atoms with E-state index in [-0.39, 0.29) is 4.90 Å². The van der Waals surface area contributed by atoms with Crippen molar-refractivity contribution in [1.29, 1.82) is 0 Å². The van der Waals surface area contributed by atoms with Crippen LogP contribution in [0.4, 0.5) is 0 Å². The van der Waals surface area contributed by atoms with Gasteiger partial charge in [0.25, 0.3) is 0 Å². The predicted octanol–water partition coefficient (Wildman–Crippen LogP) is 1.24. The Hall–Kier alpha value is -2.38. The van der Waals surface area contributed by atoms with Gasteiger partial charge in [-0.2, -0.15) is 0 Å². The van der Waals surface area contributed by atoms with Gasteiger partial charge in [-0.05, 0) is 36.7 Å². The lowest BCUT2D eigenvalue weighted by Gasteiger charge is -2.06. The quantitative estimate of drug-likeness (QED) is 0.519. The van der Waals surface area contributed by atoms with Crippen molar-refractivity contribution < 1.29 is 8.42 Å². The van der Waals surface area contributed by atoms with Crippen LogP contribution in [-0.4, -0.2) is 28.0 Å². The summed E-state index contributed by atoms with van der Waals surface area (Å²) in [6, 6.07) is 16.7. The third-order valence-corrected chi connectivity index (χ3v) is 4.93. The third kappa shape index (κ3) is 5.36. The minimum Gasteiger partial charge on any atom is -0.370 e. The van der Waals surface area contributed by atoms with E-state index >= 15 is 0 Å². The third-order valence-electron chi connectivity index (χ3n) is 3.50. The van der Waals surface area contributed by atoms with Gasteiger partial charge in [0.05, 0.1) is 11.4 Å². The van der Waals surface area contributed by atoms with Gasteiger partial charge in [-0.25, -0.2) is 18.1 Å². The fourth-order valence-corrected chi connectivity index (χ4v) is 2.83. The van der Waals surface area contributed by atoms with Crippen LogP contribution in [0.2, 0.25) is 0 Å². The number of rotatable bonds is 7. The van der Waals surface area contributed by atoms with Crippen LogP contribution in [-0.2, 0) is 23.0 Å². The smallest absolute Gasteiger partial charge is 0.240 e. The molecule has 2 rings (SSSR count). The number of hydrogen-bond acceptors (Lipinski definition) is 3. The van der Waals surface area contributed by atoms with E-state index in [1.165, 1.54) is 12.6 Å². The molecule has 0 bridgehead atoms. The average molecular weight is 346 g/mol. The Bertz CT molecular complexity index is 772. The van der Waals surface area contributed by atoms with Crippen molar-refractivity contribution in [3.63, 3.8) is 0 Å². The molecule has 0 aromatic heterocycles. The summed E-state index contributed by atoms with van der Waals surface area (Å²) in [6.45, 7) is 1.10. The van der Waals surface area contributed by atoms with Gasteiger partial charge < -0.3 is 11.1 Å². The first kappa shape index (κ1) is 18.0. The predicted molar refractivity (Wildman–Crippen MR) is 96.2 cm³/mol. The number of sulfonamides is 1. The van der Waals surface area contributed by atoms with Gasteiger partial charge in [0.15, 0.2) is 5.96 Å². The largest absolute Gasteiger partial charge is 0.370 e. The molecule has 0 heterocycles. The molecule has 2 aromatic rings. The number of guanidine groups is 1. The Kier molecular flexibility index (Phi) is 6.34. The van der Waals surface area contributed by atoms with Crippen LogP contribution in [0.1, 0.15) is 11.1 Å². The summed E-state index contributed by atoms with van der Waals surface area (Å²) < 4.78 is 25.6. The molecule has 0 saturated heterocycles. The number of benzene rings is 2. The molecule has 0 amide bonds. The maximum absolute atomic E-state index is 11.6.